The summed E-state index contributed by atoms with van der Waals surface area (Å²) in [5.41, 5.74) is 1.06. The van der Waals surface area contributed by atoms with E-state index in [9.17, 15) is 22.8 Å². The van der Waals surface area contributed by atoms with Crippen molar-refractivity contribution in [2.45, 2.75) is 56.2 Å². The maximum atomic E-state index is 13.6. The molecule has 2 heterocycles. The first-order valence-electron chi connectivity index (χ1n) is 10.9. The summed E-state index contributed by atoms with van der Waals surface area (Å²) >= 11 is 0. The Hall–Kier alpha value is -3.01. The van der Waals surface area contributed by atoms with Crippen molar-refractivity contribution >= 4 is 11.8 Å². The van der Waals surface area contributed by atoms with Gasteiger partial charge in [-0.05, 0) is 37.0 Å². The lowest BCUT2D eigenvalue weighted by Crippen LogP contribution is -2.49. The second-order valence-electron chi connectivity index (χ2n) is 8.45. The lowest BCUT2D eigenvalue weighted by molar-refractivity contribution is -0.142. The average Bonchev–Trinajstić information content (AvgIpc) is 3.64. The van der Waals surface area contributed by atoms with E-state index in [4.69, 9.17) is 4.74 Å². The number of carbonyl (C=O) groups is 2. The van der Waals surface area contributed by atoms with Crippen LogP contribution in [0.3, 0.4) is 0 Å². The van der Waals surface area contributed by atoms with E-state index in [0.717, 1.165) is 0 Å². The number of halogens is 3. The van der Waals surface area contributed by atoms with Crippen LogP contribution in [0.1, 0.15) is 42.9 Å². The summed E-state index contributed by atoms with van der Waals surface area (Å²) in [6, 6.07) is 4.53. The highest BCUT2D eigenvalue weighted by atomic mass is 19.3. The minimum absolute atomic E-state index is 0.123. The molecule has 1 aromatic heterocycles. The fraction of sp³-hybridized carbons (Fsp3) is 0.478. The van der Waals surface area contributed by atoms with Crippen LogP contribution in [0.2, 0.25) is 0 Å². The Balaban J connectivity index is 1.56. The van der Waals surface area contributed by atoms with E-state index in [1.165, 1.54) is 35.8 Å². The zero-order valence-corrected chi connectivity index (χ0v) is 17.9. The van der Waals surface area contributed by atoms with Crippen LogP contribution >= 0.6 is 0 Å². The van der Waals surface area contributed by atoms with Crippen molar-refractivity contribution in [2.24, 2.45) is 0 Å². The third-order valence-electron chi connectivity index (χ3n) is 5.94. The van der Waals surface area contributed by atoms with E-state index in [2.05, 4.69) is 15.3 Å². The molecule has 0 spiro atoms. The highest BCUT2D eigenvalue weighted by Gasteiger charge is 2.42. The van der Waals surface area contributed by atoms with E-state index < -0.39 is 35.8 Å². The topological polar surface area (TPSA) is 87.7 Å². The molecule has 2 aromatic rings. The van der Waals surface area contributed by atoms with E-state index in [0.29, 0.717) is 17.5 Å². The number of rotatable bonds is 8. The molecule has 0 bridgehead atoms. The normalized spacial score (nSPS) is 20.6. The molecule has 4 rings (SSSR count). The highest BCUT2D eigenvalue weighted by Crippen LogP contribution is 2.33. The molecule has 1 aliphatic heterocycles. The van der Waals surface area contributed by atoms with Crippen molar-refractivity contribution in [3.05, 3.63) is 59.9 Å². The van der Waals surface area contributed by atoms with E-state index in [-0.39, 0.29) is 44.7 Å². The standard InChI is InChI=1S/C23H25F3N4O3/c24-17-3-1-2-15(10-17)6-9-30(22(32)19-13-33-19)20(16-11-27-14-28-12-16)21(31)29-18-4-7-23(25,26)8-5-18/h1-3,10-12,14,18-20H,4-9,13H2,(H,29,31)/t19?,20-/m1/s1. The van der Waals surface area contributed by atoms with Gasteiger partial charge >= 0.3 is 0 Å². The van der Waals surface area contributed by atoms with Gasteiger partial charge in [-0.1, -0.05) is 12.1 Å². The summed E-state index contributed by atoms with van der Waals surface area (Å²) in [6.07, 6.45) is 3.58. The van der Waals surface area contributed by atoms with Crippen molar-refractivity contribution in [1.82, 2.24) is 20.2 Å². The van der Waals surface area contributed by atoms with Gasteiger partial charge in [0.1, 0.15) is 18.2 Å². The minimum atomic E-state index is -2.72. The van der Waals surface area contributed by atoms with Gasteiger partial charge in [0.15, 0.2) is 6.10 Å². The van der Waals surface area contributed by atoms with Crippen LogP contribution in [-0.4, -0.2) is 57.9 Å². The summed E-state index contributed by atoms with van der Waals surface area (Å²) in [5.74, 6) is -3.97. The zero-order valence-electron chi connectivity index (χ0n) is 17.9. The highest BCUT2D eigenvalue weighted by molar-refractivity contribution is 5.91. The van der Waals surface area contributed by atoms with Gasteiger partial charge in [0.25, 0.3) is 5.91 Å². The molecular weight excluding hydrogens is 437 g/mol. The number of hydrogen-bond donors (Lipinski definition) is 1. The van der Waals surface area contributed by atoms with E-state index in [1.54, 1.807) is 12.1 Å². The summed E-state index contributed by atoms with van der Waals surface area (Å²) < 4.78 is 45.9. The second-order valence-corrected chi connectivity index (χ2v) is 8.45. The Morgan fingerprint density at radius 3 is 2.55 bits per heavy atom. The quantitative estimate of drug-likeness (QED) is 0.610. The fourth-order valence-corrected chi connectivity index (χ4v) is 4.07. The summed E-state index contributed by atoms with van der Waals surface area (Å²) in [7, 11) is 0. The molecule has 1 N–H and O–H groups in total. The molecule has 1 aromatic carbocycles. The molecule has 2 amide bonds. The smallest absolute Gasteiger partial charge is 0.255 e. The average molecular weight is 462 g/mol. The lowest BCUT2D eigenvalue weighted by atomic mass is 9.92. The molecule has 2 aliphatic rings. The Labute approximate surface area is 189 Å². The van der Waals surface area contributed by atoms with E-state index >= 15 is 0 Å². The third-order valence-corrected chi connectivity index (χ3v) is 5.94. The number of benzene rings is 1. The number of carbonyl (C=O) groups excluding carboxylic acids is 2. The van der Waals surface area contributed by atoms with Crippen molar-refractivity contribution < 1.29 is 27.5 Å². The molecule has 33 heavy (non-hydrogen) atoms. The SMILES string of the molecule is O=C(NC1CCC(F)(F)CC1)[C@@H](c1cncnc1)N(CCc1cccc(F)c1)C(=O)C1CO1. The van der Waals surface area contributed by atoms with Crippen LogP contribution in [0.5, 0.6) is 0 Å². The van der Waals surface area contributed by atoms with Crippen molar-refractivity contribution in [3.63, 3.8) is 0 Å². The monoisotopic (exact) mass is 462 g/mol. The minimum Gasteiger partial charge on any atom is -0.363 e. The Kier molecular flexibility index (Phi) is 6.92. The zero-order chi connectivity index (χ0) is 23.4. The van der Waals surface area contributed by atoms with Crippen LogP contribution in [0.4, 0.5) is 13.2 Å². The maximum Gasteiger partial charge on any atom is 0.255 e. The van der Waals surface area contributed by atoms with Crippen molar-refractivity contribution in [3.8, 4) is 0 Å². The molecular formula is C23H25F3N4O3. The van der Waals surface area contributed by atoms with Crippen LogP contribution in [0.25, 0.3) is 0 Å². The fourth-order valence-electron chi connectivity index (χ4n) is 4.07. The molecule has 7 nitrogen and oxygen atoms in total. The van der Waals surface area contributed by atoms with Crippen molar-refractivity contribution in [1.29, 1.82) is 0 Å². The second kappa shape index (κ2) is 9.86. The number of alkyl halides is 2. The molecule has 1 aliphatic carbocycles. The number of amides is 2. The van der Waals surface area contributed by atoms with Gasteiger partial charge in [0.05, 0.1) is 6.61 Å². The molecule has 1 saturated heterocycles. The number of nitrogens with one attached hydrogen (secondary N) is 1. The molecule has 2 fully saturated rings. The maximum absolute atomic E-state index is 13.6. The molecule has 1 unspecified atom stereocenters. The first-order chi connectivity index (χ1) is 15.8. The Morgan fingerprint density at radius 1 is 1.21 bits per heavy atom. The number of hydrogen-bond acceptors (Lipinski definition) is 5. The molecule has 0 radical (unpaired) electrons. The van der Waals surface area contributed by atoms with Crippen LogP contribution in [-0.2, 0) is 20.7 Å². The van der Waals surface area contributed by atoms with Crippen LogP contribution in [0, 0.1) is 5.82 Å². The Morgan fingerprint density at radius 2 is 1.91 bits per heavy atom. The Bertz CT molecular complexity index is 978. The largest absolute Gasteiger partial charge is 0.363 e. The lowest BCUT2D eigenvalue weighted by Gasteiger charge is -2.34. The van der Waals surface area contributed by atoms with Gasteiger partial charge in [-0.2, -0.15) is 0 Å². The third kappa shape index (κ3) is 6.07. The van der Waals surface area contributed by atoms with Crippen LogP contribution < -0.4 is 5.32 Å². The van der Waals surface area contributed by atoms with Gasteiger partial charge in [-0.3, -0.25) is 9.59 Å². The van der Waals surface area contributed by atoms with Gasteiger partial charge in [0.2, 0.25) is 11.8 Å². The first-order valence-corrected chi connectivity index (χ1v) is 10.9. The molecule has 176 valence electrons. The first kappa shape index (κ1) is 23.2. The summed E-state index contributed by atoms with van der Waals surface area (Å²) in [6.45, 7) is 0.379. The number of nitrogens with zero attached hydrogens (tertiary/aromatic N) is 3. The van der Waals surface area contributed by atoms with E-state index in [1.807, 2.05) is 0 Å². The van der Waals surface area contributed by atoms with Gasteiger partial charge in [-0.15, -0.1) is 0 Å². The van der Waals surface area contributed by atoms with Gasteiger partial charge < -0.3 is 15.0 Å². The van der Waals surface area contributed by atoms with Crippen LogP contribution in [0.15, 0.2) is 43.0 Å². The predicted octanol–water partition coefficient (Wildman–Crippen LogP) is 2.82. The predicted molar refractivity (Wildman–Crippen MR) is 112 cm³/mol. The molecule has 1 saturated carbocycles. The molecule has 2 atom stereocenters. The number of aromatic nitrogens is 2. The van der Waals surface area contributed by atoms with Crippen molar-refractivity contribution in [2.75, 3.05) is 13.2 Å². The summed E-state index contributed by atoms with van der Waals surface area (Å²) in [4.78, 5) is 35.8. The number of epoxide rings is 1. The van der Waals surface area contributed by atoms with Gasteiger partial charge in [-0.25, -0.2) is 23.1 Å². The summed E-state index contributed by atoms with van der Waals surface area (Å²) in [5, 5.41) is 2.83. The molecule has 10 heteroatoms. The number of ether oxygens (including phenoxy) is 1. The van der Waals surface area contributed by atoms with Gasteiger partial charge in [0, 0.05) is 43.4 Å².